The molecule has 4 heteroatoms. The first-order valence-electron chi connectivity index (χ1n) is 8.37. The molecule has 1 heterocycles. The van der Waals surface area contributed by atoms with Crippen LogP contribution < -0.4 is 5.32 Å². The van der Waals surface area contributed by atoms with E-state index in [1.165, 1.54) is 12.8 Å². The third kappa shape index (κ3) is 4.69. The van der Waals surface area contributed by atoms with Crippen molar-refractivity contribution in [3.63, 3.8) is 0 Å². The summed E-state index contributed by atoms with van der Waals surface area (Å²) in [7, 11) is 0. The molecule has 2 rings (SSSR count). The maximum Gasteiger partial charge on any atom is 0.0808 e. The largest absolute Gasteiger partial charge is 0.394 e. The van der Waals surface area contributed by atoms with Crippen LogP contribution in [0.2, 0.25) is 0 Å². The van der Waals surface area contributed by atoms with Gasteiger partial charge in [-0.1, -0.05) is 6.92 Å². The number of rotatable bonds is 7. The number of hydrogen-bond donors (Lipinski definition) is 2. The molecule has 2 N–H and O–H groups in total. The van der Waals surface area contributed by atoms with Gasteiger partial charge in [0.15, 0.2) is 0 Å². The first-order chi connectivity index (χ1) is 9.78. The molecule has 0 amide bonds. The topological polar surface area (TPSA) is 50.7 Å². The molecule has 4 nitrogen and oxygen atoms in total. The van der Waals surface area contributed by atoms with Crippen molar-refractivity contribution in [3.05, 3.63) is 0 Å². The van der Waals surface area contributed by atoms with Crippen LogP contribution in [0.3, 0.4) is 0 Å². The van der Waals surface area contributed by atoms with E-state index in [-0.39, 0.29) is 24.4 Å². The quantitative estimate of drug-likeness (QED) is 0.753. The molecule has 1 aliphatic heterocycles. The molecular weight excluding hydrogens is 254 g/mol. The van der Waals surface area contributed by atoms with Gasteiger partial charge in [-0.3, -0.25) is 0 Å². The number of nitrogens with one attached hydrogen (secondary N) is 1. The summed E-state index contributed by atoms with van der Waals surface area (Å²) in [5, 5.41) is 13.3. The van der Waals surface area contributed by atoms with Crippen LogP contribution in [0.15, 0.2) is 0 Å². The molecule has 0 spiro atoms. The highest BCUT2D eigenvalue weighted by Gasteiger charge is 2.36. The number of aliphatic hydroxyl groups is 1. The second-order valence-electron chi connectivity index (χ2n) is 6.41. The predicted octanol–water partition coefficient (Wildman–Crippen LogP) is 2.25. The van der Waals surface area contributed by atoms with E-state index in [1.54, 1.807) is 0 Å². The fourth-order valence-electron chi connectivity index (χ4n) is 3.38. The van der Waals surface area contributed by atoms with Crippen molar-refractivity contribution in [1.82, 2.24) is 5.32 Å². The summed E-state index contributed by atoms with van der Waals surface area (Å²) in [5.74, 6) is 0. The van der Waals surface area contributed by atoms with Crippen LogP contribution in [-0.4, -0.2) is 49.2 Å². The predicted molar refractivity (Wildman–Crippen MR) is 79.9 cm³/mol. The van der Waals surface area contributed by atoms with E-state index >= 15 is 0 Å². The Morgan fingerprint density at radius 2 is 2.20 bits per heavy atom. The third-order valence-electron chi connectivity index (χ3n) is 4.64. The van der Waals surface area contributed by atoms with Gasteiger partial charge < -0.3 is 19.9 Å². The van der Waals surface area contributed by atoms with Crippen LogP contribution in [0.4, 0.5) is 0 Å². The second kappa shape index (κ2) is 8.32. The lowest BCUT2D eigenvalue weighted by Gasteiger charge is -2.41. The molecule has 0 aromatic carbocycles. The number of ether oxygens (including phenoxy) is 2. The van der Waals surface area contributed by atoms with E-state index in [9.17, 15) is 5.11 Å². The minimum Gasteiger partial charge on any atom is -0.394 e. The van der Waals surface area contributed by atoms with E-state index in [4.69, 9.17) is 9.47 Å². The molecule has 1 saturated carbocycles. The lowest BCUT2D eigenvalue weighted by molar-refractivity contribution is -0.0819. The van der Waals surface area contributed by atoms with Crippen molar-refractivity contribution < 1.29 is 14.6 Å². The SMILES string of the molecule is CCCNC1(CO)CCCC(OCC2CCCCO2)C1. The second-order valence-corrected chi connectivity index (χ2v) is 6.41. The third-order valence-corrected chi connectivity index (χ3v) is 4.64. The summed E-state index contributed by atoms with van der Waals surface area (Å²) < 4.78 is 11.8. The van der Waals surface area contributed by atoms with Crippen molar-refractivity contribution >= 4 is 0 Å². The highest BCUT2D eigenvalue weighted by Crippen LogP contribution is 2.30. The average Bonchev–Trinajstić information content (AvgIpc) is 2.52. The molecule has 0 aromatic rings. The van der Waals surface area contributed by atoms with Crippen LogP contribution in [-0.2, 0) is 9.47 Å². The zero-order valence-corrected chi connectivity index (χ0v) is 12.9. The first-order valence-corrected chi connectivity index (χ1v) is 8.37. The van der Waals surface area contributed by atoms with Crippen LogP contribution >= 0.6 is 0 Å². The monoisotopic (exact) mass is 285 g/mol. The molecule has 1 saturated heterocycles. The molecule has 0 radical (unpaired) electrons. The van der Waals surface area contributed by atoms with Gasteiger partial charge in [-0.15, -0.1) is 0 Å². The molecule has 0 bridgehead atoms. The summed E-state index contributed by atoms with van der Waals surface area (Å²) in [6.07, 6.45) is 9.47. The minimum atomic E-state index is -0.119. The Balaban J connectivity index is 1.76. The van der Waals surface area contributed by atoms with Crippen LogP contribution in [0.25, 0.3) is 0 Å². The van der Waals surface area contributed by atoms with Crippen molar-refractivity contribution in [2.75, 3.05) is 26.4 Å². The maximum absolute atomic E-state index is 9.76. The zero-order chi connectivity index (χ0) is 14.3. The minimum absolute atomic E-state index is 0.119. The fraction of sp³-hybridized carbons (Fsp3) is 1.00. The lowest BCUT2D eigenvalue weighted by atomic mass is 9.80. The first kappa shape index (κ1) is 16.2. The standard InChI is InChI=1S/C16H31NO3/c1-2-9-17-16(13-18)8-5-7-14(11-16)20-12-15-6-3-4-10-19-15/h14-15,17-18H,2-13H2,1H3. The van der Waals surface area contributed by atoms with Gasteiger partial charge in [0, 0.05) is 12.1 Å². The summed E-state index contributed by atoms with van der Waals surface area (Å²) in [6, 6.07) is 0. The zero-order valence-electron chi connectivity index (χ0n) is 12.9. The normalized spacial score (nSPS) is 35.1. The van der Waals surface area contributed by atoms with E-state index in [0.29, 0.717) is 0 Å². The number of aliphatic hydroxyl groups excluding tert-OH is 1. The average molecular weight is 285 g/mol. The lowest BCUT2D eigenvalue weighted by Crippen LogP contribution is -2.53. The maximum atomic E-state index is 9.76. The van der Waals surface area contributed by atoms with E-state index in [2.05, 4.69) is 12.2 Å². The summed E-state index contributed by atoms with van der Waals surface area (Å²) in [6.45, 7) is 4.96. The molecule has 118 valence electrons. The highest BCUT2D eigenvalue weighted by molar-refractivity contribution is 4.94. The Bertz CT molecular complexity index is 268. The van der Waals surface area contributed by atoms with Gasteiger partial charge >= 0.3 is 0 Å². The van der Waals surface area contributed by atoms with Gasteiger partial charge in [-0.2, -0.15) is 0 Å². The molecule has 2 fully saturated rings. The van der Waals surface area contributed by atoms with Crippen LogP contribution in [0.5, 0.6) is 0 Å². The highest BCUT2D eigenvalue weighted by atomic mass is 16.5. The number of hydrogen-bond acceptors (Lipinski definition) is 4. The fourth-order valence-corrected chi connectivity index (χ4v) is 3.38. The Morgan fingerprint density at radius 3 is 2.90 bits per heavy atom. The van der Waals surface area contributed by atoms with Gasteiger partial charge in [0.05, 0.1) is 25.4 Å². The Kier molecular flexibility index (Phi) is 6.75. The summed E-state index contributed by atoms with van der Waals surface area (Å²) in [5.41, 5.74) is -0.119. The van der Waals surface area contributed by atoms with Gasteiger partial charge in [-0.25, -0.2) is 0 Å². The molecule has 3 unspecified atom stereocenters. The van der Waals surface area contributed by atoms with Gasteiger partial charge in [0.2, 0.25) is 0 Å². The molecule has 20 heavy (non-hydrogen) atoms. The molecular formula is C16H31NO3. The summed E-state index contributed by atoms with van der Waals surface area (Å²) >= 11 is 0. The Labute approximate surface area is 123 Å². The molecule has 1 aliphatic carbocycles. The van der Waals surface area contributed by atoms with E-state index in [1.807, 2.05) is 0 Å². The smallest absolute Gasteiger partial charge is 0.0808 e. The van der Waals surface area contributed by atoms with Crippen molar-refractivity contribution in [2.24, 2.45) is 0 Å². The van der Waals surface area contributed by atoms with Crippen molar-refractivity contribution in [1.29, 1.82) is 0 Å². The summed E-state index contributed by atoms with van der Waals surface area (Å²) in [4.78, 5) is 0. The van der Waals surface area contributed by atoms with Gasteiger partial charge in [-0.05, 0) is 57.9 Å². The molecule has 3 atom stereocenters. The molecule has 0 aromatic heterocycles. The van der Waals surface area contributed by atoms with Crippen molar-refractivity contribution in [3.8, 4) is 0 Å². The van der Waals surface area contributed by atoms with Gasteiger partial charge in [0.25, 0.3) is 0 Å². The molecule has 2 aliphatic rings. The van der Waals surface area contributed by atoms with E-state index in [0.717, 1.165) is 58.3 Å². The van der Waals surface area contributed by atoms with Crippen molar-refractivity contribution in [2.45, 2.75) is 76.0 Å². The Hall–Kier alpha value is -0.160. The van der Waals surface area contributed by atoms with Crippen LogP contribution in [0.1, 0.15) is 58.3 Å². The van der Waals surface area contributed by atoms with E-state index < -0.39 is 0 Å². The van der Waals surface area contributed by atoms with Crippen LogP contribution in [0, 0.1) is 0 Å². The van der Waals surface area contributed by atoms with Gasteiger partial charge in [0.1, 0.15) is 0 Å². The Morgan fingerprint density at radius 1 is 1.30 bits per heavy atom.